The summed E-state index contributed by atoms with van der Waals surface area (Å²) in [6, 6.07) is 15.1. The van der Waals surface area contributed by atoms with Crippen LogP contribution in [-0.2, 0) is 21.2 Å². The predicted octanol–water partition coefficient (Wildman–Crippen LogP) is 4.38. The van der Waals surface area contributed by atoms with Gasteiger partial charge < -0.3 is 14.3 Å². The lowest BCUT2D eigenvalue weighted by molar-refractivity contribution is -0.115. The number of amides is 1. The van der Waals surface area contributed by atoms with E-state index < -0.39 is 10.0 Å². The summed E-state index contributed by atoms with van der Waals surface area (Å²) >= 11 is 0. The van der Waals surface area contributed by atoms with Crippen LogP contribution in [0.15, 0.2) is 74.7 Å². The number of benzene rings is 2. The number of aromatic nitrogens is 2. The van der Waals surface area contributed by atoms with Crippen molar-refractivity contribution in [3.05, 3.63) is 77.9 Å². The van der Waals surface area contributed by atoms with Crippen molar-refractivity contribution in [2.45, 2.75) is 31.6 Å². The Kier molecular flexibility index (Phi) is 6.27. The Hall–Kier alpha value is -3.92. The van der Waals surface area contributed by atoms with Gasteiger partial charge in [0.25, 0.3) is 10.0 Å². The smallest absolute Gasteiger partial charge is 0.262 e. The fourth-order valence-corrected chi connectivity index (χ4v) is 4.58. The Labute approximate surface area is 190 Å². The minimum absolute atomic E-state index is 0.115. The lowest BCUT2D eigenvalue weighted by Crippen LogP contribution is -2.16. The van der Waals surface area contributed by atoms with Crippen molar-refractivity contribution in [1.82, 2.24) is 10.1 Å². The standard InChI is InChI=1S/C23H22N4O5S/c1-3-21(28)24-17-10-11-20(15(2)13-17)33(29,30)27-18-8-5-4-7-16(18)14-22-25-23(26-32-22)19-9-6-12-31-19/h4-13,27H,3,14H2,1-2H3,(H,24,28). The second-order valence-corrected chi connectivity index (χ2v) is 8.96. The molecule has 33 heavy (non-hydrogen) atoms. The van der Waals surface area contributed by atoms with Crippen LogP contribution in [0.1, 0.15) is 30.4 Å². The summed E-state index contributed by atoms with van der Waals surface area (Å²) in [5, 5.41) is 6.63. The van der Waals surface area contributed by atoms with Crippen LogP contribution in [0.3, 0.4) is 0 Å². The fraction of sp³-hybridized carbons (Fsp3) is 0.174. The molecule has 0 saturated carbocycles. The molecule has 2 aromatic carbocycles. The minimum atomic E-state index is -3.88. The molecule has 2 N–H and O–H groups in total. The van der Waals surface area contributed by atoms with Gasteiger partial charge in [0.1, 0.15) is 0 Å². The van der Waals surface area contributed by atoms with E-state index in [-0.39, 0.29) is 17.2 Å². The van der Waals surface area contributed by atoms with Crippen LogP contribution in [0.25, 0.3) is 11.6 Å². The Bertz CT molecular complexity index is 1380. The van der Waals surface area contributed by atoms with E-state index in [2.05, 4.69) is 20.2 Å². The predicted molar refractivity (Wildman–Crippen MR) is 122 cm³/mol. The summed E-state index contributed by atoms with van der Waals surface area (Å²) in [6.07, 6.45) is 2.08. The lowest BCUT2D eigenvalue weighted by Gasteiger charge is -2.14. The Morgan fingerprint density at radius 3 is 2.64 bits per heavy atom. The molecule has 0 aliphatic heterocycles. The van der Waals surface area contributed by atoms with Gasteiger partial charge >= 0.3 is 0 Å². The van der Waals surface area contributed by atoms with Crippen LogP contribution in [0, 0.1) is 6.92 Å². The molecule has 2 heterocycles. The number of sulfonamides is 1. The zero-order valence-corrected chi connectivity index (χ0v) is 18.8. The first-order valence-corrected chi connectivity index (χ1v) is 11.7. The van der Waals surface area contributed by atoms with Crippen molar-refractivity contribution in [3.8, 4) is 11.6 Å². The number of aryl methyl sites for hydroxylation is 1. The summed E-state index contributed by atoms with van der Waals surface area (Å²) in [5.74, 6) is 0.973. The lowest BCUT2D eigenvalue weighted by atomic mass is 10.1. The summed E-state index contributed by atoms with van der Waals surface area (Å²) in [7, 11) is -3.88. The third-order valence-electron chi connectivity index (χ3n) is 4.88. The van der Waals surface area contributed by atoms with Gasteiger partial charge in [-0.25, -0.2) is 8.42 Å². The first-order valence-electron chi connectivity index (χ1n) is 10.2. The van der Waals surface area contributed by atoms with Crippen LogP contribution < -0.4 is 10.0 Å². The van der Waals surface area contributed by atoms with Gasteiger partial charge in [-0.15, -0.1) is 0 Å². The Morgan fingerprint density at radius 1 is 1.09 bits per heavy atom. The average Bonchev–Trinajstić information content (AvgIpc) is 3.47. The van der Waals surface area contributed by atoms with Gasteiger partial charge in [0.2, 0.25) is 17.6 Å². The summed E-state index contributed by atoms with van der Waals surface area (Å²) in [6.45, 7) is 3.42. The number of anilines is 2. The quantitative estimate of drug-likeness (QED) is 0.394. The topological polar surface area (TPSA) is 127 Å². The molecule has 10 heteroatoms. The van der Waals surface area contributed by atoms with Crippen molar-refractivity contribution < 1.29 is 22.2 Å². The highest BCUT2D eigenvalue weighted by atomic mass is 32.2. The van der Waals surface area contributed by atoms with Gasteiger partial charge in [-0.3, -0.25) is 9.52 Å². The monoisotopic (exact) mass is 466 g/mol. The maximum absolute atomic E-state index is 13.1. The van der Waals surface area contributed by atoms with E-state index in [1.165, 1.54) is 12.3 Å². The highest BCUT2D eigenvalue weighted by Gasteiger charge is 2.20. The van der Waals surface area contributed by atoms with Gasteiger partial charge in [0.15, 0.2) is 5.76 Å². The first-order chi connectivity index (χ1) is 15.9. The molecule has 0 aliphatic carbocycles. The molecule has 0 saturated heterocycles. The molecule has 0 aliphatic rings. The van der Waals surface area contributed by atoms with E-state index in [1.54, 1.807) is 62.4 Å². The first kappa shape index (κ1) is 22.3. The van der Waals surface area contributed by atoms with E-state index in [9.17, 15) is 13.2 Å². The third-order valence-corrected chi connectivity index (χ3v) is 6.41. The van der Waals surface area contributed by atoms with E-state index in [4.69, 9.17) is 8.94 Å². The normalized spacial score (nSPS) is 11.3. The van der Waals surface area contributed by atoms with E-state index >= 15 is 0 Å². The van der Waals surface area contributed by atoms with Crippen molar-refractivity contribution in [3.63, 3.8) is 0 Å². The number of nitrogens with one attached hydrogen (secondary N) is 2. The Balaban J connectivity index is 1.55. The van der Waals surface area contributed by atoms with Crippen LogP contribution >= 0.6 is 0 Å². The number of carbonyl (C=O) groups excluding carboxylic acids is 1. The molecule has 0 fully saturated rings. The van der Waals surface area contributed by atoms with Gasteiger partial charge in [-0.05, 0) is 54.4 Å². The van der Waals surface area contributed by atoms with Crippen LogP contribution in [0.2, 0.25) is 0 Å². The second-order valence-electron chi connectivity index (χ2n) is 7.31. The number of nitrogens with zero attached hydrogens (tertiary/aromatic N) is 2. The molecular weight excluding hydrogens is 444 g/mol. The zero-order chi connectivity index (χ0) is 23.4. The van der Waals surface area contributed by atoms with Crippen LogP contribution in [0.5, 0.6) is 0 Å². The van der Waals surface area contributed by atoms with E-state index in [0.717, 1.165) is 0 Å². The number of hydrogen-bond donors (Lipinski definition) is 2. The summed E-state index contributed by atoms with van der Waals surface area (Å²) in [5.41, 5.74) is 2.12. The molecule has 0 bridgehead atoms. The van der Waals surface area contributed by atoms with Gasteiger partial charge in [-0.1, -0.05) is 30.3 Å². The average molecular weight is 467 g/mol. The molecule has 4 aromatic rings. The van der Waals surface area contributed by atoms with Gasteiger partial charge in [0.05, 0.1) is 23.3 Å². The summed E-state index contributed by atoms with van der Waals surface area (Å²) in [4.78, 5) is 16.0. The number of rotatable bonds is 8. The second kappa shape index (κ2) is 9.29. The van der Waals surface area contributed by atoms with E-state index in [0.29, 0.717) is 46.4 Å². The number of hydrogen-bond acceptors (Lipinski definition) is 7. The zero-order valence-electron chi connectivity index (χ0n) is 18.0. The molecule has 0 unspecified atom stereocenters. The van der Waals surface area contributed by atoms with Crippen molar-refractivity contribution in [2.75, 3.05) is 10.0 Å². The SMILES string of the molecule is CCC(=O)Nc1ccc(S(=O)(=O)Nc2ccccc2Cc2nc(-c3ccco3)no2)c(C)c1. The van der Waals surface area contributed by atoms with Gasteiger partial charge in [0, 0.05) is 12.1 Å². The molecule has 0 atom stereocenters. The molecule has 2 aromatic heterocycles. The van der Waals surface area contributed by atoms with E-state index in [1.807, 2.05) is 0 Å². The van der Waals surface area contributed by atoms with Crippen LogP contribution in [0.4, 0.5) is 11.4 Å². The summed E-state index contributed by atoms with van der Waals surface area (Å²) < 4.78 is 39.4. The number of furan rings is 1. The molecule has 9 nitrogen and oxygen atoms in total. The molecular formula is C23H22N4O5S. The van der Waals surface area contributed by atoms with Crippen LogP contribution in [-0.4, -0.2) is 24.5 Å². The minimum Gasteiger partial charge on any atom is -0.461 e. The maximum atomic E-state index is 13.1. The highest BCUT2D eigenvalue weighted by Crippen LogP contribution is 2.26. The number of para-hydroxylation sites is 1. The van der Waals surface area contributed by atoms with Crippen molar-refractivity contribution >= 4 is 27.3 Å². The maximum Gasteiger partial charge on any atom is 0.262 e. The van der Waals surface area contributed by atoms with Crippen molar-refractivity contribution in [2.24, 2.45) is 0 Å². The highest BCUT2D eigenvalue weighted by molar-refractivity contribution is 7.92. The molecule has 0 spiro atoms. The largest absolute Gasteiger partial charge is 0.461 e. The van der Waals surface area contributed by atoms with Crippen molar-refractivity contribution in [1.29, 1.82) is 0 Å². The molecule has 170 valence electrons. The third kappa shape index (κ3) is 5.12. The molecule has 0 radical (unpaired) electrons. The fourth-order valence-electron chi connectivity index (χ4n) is 3.25. The molecule has 4 rings (SSSR count). The molecule has 1 amide bonds. The Morgan fingerprint density at radius 2 is 1.91 bits per heavy atom. The number of carbonyl (C=O) groups is 1. The van der Waals surface area contributed by atoms with Gasteiger partial charge in [-0.2, -0.15) is 4.98 Å².